The van der Waals surface area contributed by atoms with Gasteiger partial charge in [0.1, 0.15) is 0 Å². The average Bonchev–Trinajstić information content (AvgIpc) is 1.78. The standard InChI is InChI=1S/C3H8.2CH4O/c1-3-2;2*1-2/h3H2,1-2H3;2*2H,1H3. The zero-order valence-corrected chi connectivity index (χ0v) is 5.60. The van der Waals surface area contributed by atoms with Crippen molar-refractivity contribution in [1.82, 2.24) is 0 Å². The summed E-state index contributed by atoms with van der Waals surface area (Å²) in [6, 6.07) is 0. The van der Waals surface area contributed by atoms with Gasteiger partial charge in [-0.25, -0.2) is 0 Å². The molecule has 0 saturated heterocycles. The lowest BCUT2D eigenvalue weighted by Gasteiger charge is -1.48. The molecule has 0 heterocycles. The van der Waals surface area contributed by atoms with E-state index < -0.39 is 0 Å². The number of rotatable bonds is 0. The predicted octanol–water partition coefficient (Wildman–Crippen LogP) is 0.633. The van der Waals surface area contributed by atoms with E-state index in [9.17, 15) is 0 Å². The van der Waals surface area contributed by atoms with E-state index in [-0.39, 0.29) is 0 Å². The van der Waals surface area contributed by atoms with E-state index in [0.717, 1.165) is 14.2 Å². The van der Waals surface area contributed by atoms with Crippen LogP contribution in [-0.4, -0.2) is 24.4 Å². The van der Waals surface area contributed by atoms with Gasteiger partial charge in [0, 0.05) is 14.2 Å². The van der Waals surface area contributed by atoms with Gasteiger partial charge in [-0.05, 0) is 0 Å². The molecule has 0 fully saturated rings. The van der Waals surface area contributed by atoms with Gasteiger partial charge in [0.2, 0.25) is 0 Å². The molecule has 0 amide bonds. The Bertz CT molecular complexity index is 6.04. The summed E-state index contributed by atoms with van der Waals surface area (Å²) >= 11 is 0. The smallest absolute Gasteiger partial charge is 0.0319 e. The molecule has 0 aliphatic heterocycles. The molecule has 0 unspecified atom stereocenters. The van der Waals surface area contributed by atoms with Crippen LogP contribution in [0.1, 0.15) is 20.3 Å². The summed E-state index contributed by atoms with van der Waals surface area (Å²) < 4.78 is 0. The largest absolute Gasteiger partial charge is 0.400 e. The lowest BCUT2D eigenvalue weighted by Crippen LogP contribution is -1.27. The van der Waals surface area contributed by atoms with Crippen LogP contribution < -0.4 is 0 Å². The van der Waals surface area contributed by atoms with Gasteiger partial charge in [0.05, 0.1) is 0 Å². The molecule has 0 rings (SSSR count). The Morgan fingerprint density at radius 1 is 0.857 bits per heavy atom. The van der Waals surface area contributed by atoms with Crippen LogP contribution in [0.15, 0.2) is 0 Å². The van der Waals surface area contributed by atoms with Crippen LogP contribution in [0.25, 0.3) is 0 Å². The van der Waals surface area contributed by atoms with Gasteiger partial charge in [-0.1, -0.05) is 20.3 Å². The van der Waals surface area contributed by atoms with Crippen molar-refractivity contribution < 1.29 is 10.2 Å². The van der Waals surface area contributed by atoms with Gasteiger partial charge in [-0.15, -0.1) is 0 Å². The van der Waals surface area contributed by atoms with Gasteiger partial charge < -0.3 is 10.2 Å². The third-order valence-electron chi connectivity index (χ3n) is 0. The van der Waals surface area contributed by atoms with E-state index in [0.29, 0.717) is 0 Å². The highest BCUT2D eigenvalue weighted by atomic mass is 16.2. The molecule has 0 aliphatic rings. The molecule has 0 saturated carbocycles. The minimum atomic E-state index is 1.00. The molecule has 2 N–H and O–H groups in total. The van der Waals surface area contributed by atoms with E-state index in [1.54, 1.807) is 0 Å². The Hall–Kier alpha value is -0.0800. The molecule has 48 valence electrons. The molecule has 7 heavy (non-hydrogen) atoms. The van der Waals surface area contributed by atoms with Crippen molar-refractivity contribution >= 4 is 0 Å². The molecular formula is C5H16O2. The highest BCUT2D eigenvalue weighted by Crippen LogP contribution is 1.56. The molecular weight excluding hydrogens is 92.1 g/mol. The van der Waals surface area contributed by atoms with Crippen LogP contribution in [0.4, 0.5) is 0 Å². The van der Waals surface area contributed by atoms with Crippen LogP contribution in [0.3, 0.4) is 0 Å². The summed E-state index contributed by atoms with van der Waals surface area (Å²) in [5.74, 6) is 0. The SMILES string of the molecule is CCC.CO.CO. The van der Waals surface area contributed by atoms with Crippen LogP contribution in [0.5, 0.6) is 0 Å². The van der Waals surface area contributed by atoms with Crippen molar-refractivity contribution in [1.29, 1.82) is 0 Å². The maximum absolute atomic E-state index is 7.00. The first-order chi connectivity index (χ1) is 3.41. The second-order valence-electron chi connectivity index (χ2n) is 0.707. The fourth-order valence-electron chi connectivity index (χ4n) is 0. The Kier molecular flexibility index (Phi) is 382. The summed E-state index contributed by atoms with van der Waals surface area (Å²) in [4.78, 5) is 0. The Balaban J connectivity index is -0.0000000360. The van der Waals surface area contributed by atoms with E-state index >= 15 is 0 Å². The van der Waals surface area contributed by atoms with Crippen LogP contribution in [0, 0.1) is 0 Å². The molecule has 0 spiro atoms. The molecule has 0 aliphatic carbocycles. The molecule has 2 heteroatoms. The third-order valence-corrected chi connectivity index (χ3v) is 0. The van der Waals surface area contributed by atoms with E-state index in [1.165, 1.54) is 6.42 Å². The molecule has 0 aromatic rings. The summed E-state index contributed by atoms with van der Waals surface area (Å²) in [7, 11) is 2.00. The normalized spacial score (nSPS) is 4.29. The monoisotopic (exact) mass is 108 g/mol. The lowest BCUT2D eigenvalue weighted by atomic mass is 10.6. The lowest BCUT2D eigenvalue weighted by molar-refractivity contribution is 0.399. The molecule has 0 aromatic carbocycles. The van der Waals surface area contributed by atoms with Gasteiger partial charge in [0.15, 0.2) is 0 Å². The van der Waals surface area contributed by atoms with E-state index in [4.69, 9.17) is 10.2 Å². The van der Waals surface area contributed by atoms with Crippen molar-refractivity contribution in [2.24, 2.45) is 0 Å². The summed E-state index contributed by atoms with van der Waals surface area (Å²) in [6.07, 6.45) is 1.25. The fraction of sp³-hybridized carbons (Fsp3) is 1.00. The highest BCUT2D eigenvalue weighted by Gasteiger charge is 1.35. The van der Waals surface area contributed by atoms with Crippen LogP contribution in [0.2, 0.25) is 0 Å². The fourth-order valence-corrected chi connectivity index (χ4v) is 0. The minimum absolute atomic E-state index is 1.00. The molecule has 0 aromatic heterocycles. The van der Waals surface area contributed by atoms with Gasteiger partial charge in [-0.2, -0.15) is 0 Å². The maximum Gasteiger partial charge on any atom is 0.0319 e. The van der Waals surface area contributed by atoms with Crippen molar-refractivity contribution in [3.63, 3.8) is 0 Å². The third kappa shape index (κ3) is 14200. The first kappa shape index (κ1) is 15.8. The van der Waals surface area contributed by atoms with Gasteiger partial charge in [0.25, 0.3) is 0 Å². The molecule has 2 nitrogen and oxygen atoms in total. The minimum Gasteiger partial charge on any atom is -0.400 e. The topological polar surface area (TPSA) is 40.5 Å². The maximum atomic E-state index is 7.00. The second-order valence-corrected chi connectivity index (χ2v) is 0.707. The van der Waals surface area contributed by atoms with E-state index in [2.05, 4.69) is 13.8 Å². The number of hydrogen-bond acceptors (Lipinski definition) is 2. The molecule has 0 bridgehead atoms. The van der Waals surface area contributed by atoms with Gasteiger partial charge in [-0.3, -0.25) is 0 Å². The predicted molar refractivity (Wildman–Crippen MR) is 32.3 cm³/mol. The molecule has 0 atom stereocenters. The summed E-state index contributed by atoms with van der Waals surface area (Å²) in [5.41, 5.74) is 0. The number of hydrogen-bond donors (Lipinski definition) is 2. The quantitative estimate of drug-likeness (QED) is 0.478. The Morgan fingerprint density at radius 3 is 0.857 bits per heavy atom. The second kappa shape index (κ2) is 169. The number of aliphatic hydroxyl groups is 2. The number of aliphatic hydroxyl groups excluding tert-OH is 2. The average molecular weight is 108 g/mol. The first-order valence-electron chi connectivity index (χ1n) is 2.31. The Labute approximate surface area is 45.8 Å². The van der Waals surface area contributed by atoms with E-state index in [1.807, 2.05) is 0 Å². The zero-order valence-electron chi connectivity index (χ0n) is 5.60. The van der Waals surface area contributed by atoms with Gasteiger partial charge >= 0.3 is 0 Å². The summed E-state index contributed by atoms with van der Waals surface area (Å²) in [5, 5.41) is 14.0. The first-order valence-corrected chi connectivity index (χ1v) is 2.31. The summed E-state index contributed by atoms with van der Waals surface area (Å²) in [6.45, 7) is 4.25. The van der Waals surface area contributed by atoms with Crippen molar-refractivity contribution in [2.75, 3.05) is 14.2 Å². The van der Waals surface area contributed by atoms with Crippen molar-refractivity contribution in [2.45, 2.75) is 20.3 Å². The zero-order chi connectivity index (χ0) is 6.71. The van der Waals surface area contributed by atoms with Crippen molar-refractivity contribution in [3.8, 4) is 0 Å². The Morgan fingerprint density at radius 2 is 0.857 bits per heavy atom. The highest BCUT2D eigenvalue weighted by molar-refractivity contribution is 3.92. The van der Waals surface area contributed by atoms with Crippen molar-refractivity contribution in [3.05, 3.63) is 0 Å². The van der Waals surface area contributed by atoms with Crippen LogP contribution in [-0.2, 0) is 0 Å². The molecule has 0 radical (unpaired) electrons. The van der Waals surface area contributed by atoms with Crippen LogP contribution >= 0.6 is 0 Å².